The van der Waals surface area contributed by atoms with Crippen molar-refractivity contribution in [2.24, 2.45) is 5.10 Å². The van der Waals surface area contributed by atoms with Gasteiger partial charge in [-0.1, -0.05) is 48.0 Å². The SMILES string of the molecule is CC(=O)N[C@H](C)C(=O)N1N=C(c2ccc(C)cc2)NC(=O)[C@H]1c1c[nH]c2ccccc12. The highest BCUT2D eigenvalue weighted by atomic mass is 16.2. The fraction of sp³-hybridized carbons (Fsp3) is 0.217. The first-order chi connectivity index (χ1) is 14.8. The molecule has 3 aromatic rings. The van der Waals surface area contributed by atoms with Gasteiger partial charge in [-0.15, -0.1) is 0 Å². The molecular formula is C23H23N5O3. The van der Waals surface area contributed by atoms with Gasteiger partial charge in [0.2, 0.25) is 5.91 Å². The lowest BCUT2D eigenvalue weighted by molar-refractivity contribution is -0.143. The van der Waals surface area contributed by atoms with Crippen molar-refractivity contribution in [2.45, 2.75) is 32.9 Å². The Morgan fingerprint density at radius 2 is 1.84 bits per heavy atom. The Balaban J connectivity index is 1.81. The molecule has 2 atom stereocenters. The van der Waals surface area contributed by atoms with Crippen molar-refractivity contribution >= 4 is 34.5 Å². The molecule has 4 rings (SSSR count). The van der Waals surface area contributed by atoms with Gasteiger partial charge in [0.1, 0.15) is 6.04 Å². The maximum Gasteiger partial charge on any atom is 0.266 e. The molecule has 2 aromatic carbocycles. The van der Waals surface area contributed by atoms with Gasteiger partial charge >= 0.3 is 0 Å². The third kappa shape index (κ3) is 3.92. The number of para-hydroxylation sites is 1. The molecular weight excluding hydrogens is 394 g/mol. The topological polar surface area (TPSA) is 107 Å². The smallest absolute Gasteiger partial charge is 0.266 e. The molecule has 0 unspecified atom stereocenters. The number of rotatable bonds is 4. The molecule has 2 heterocycles. The van der Waals surface area contributed by atoms with E-state index in [1.54, 1.807) is 13.1 Å². The lowest BCUT2D eigenvalue weighted by Gasteiger charge is -2.33. The number of carbonyl (C=O) groups is 3. The Morgan fingerprint density at radius 1 is 1.13 bits per heavy atom. The minimum atomic E-state index is -0.978. The lowest BCUT2D eigenvalue weighted by atomic mass is 10.0. The van der Waals surface area contributed by atoms with Gasteiger partial charge in [0, 0.05) is 35.2 Å². The van der Waals surface area contributed by atoms with Crippen LogP contribution < -0.4 is 10.6 Å². The number of amides is 3. The summed E-state index contributed by atoms with van der Waals surface area (Å²) >= 11 is 0. The van der Waals surface area contributed by atoms with Crippen LogP contribution in [-0.2, 0) is 14.4 Å². The largest absolute Gasteiger partial charge is 0.361 e. The van der Waals surface area contributed by atoms with Crippen molar-refractivity contribution in [2.75, 3.05) is 0 Å². The molecule has 0 radical (unpaired) electrons. The Hall–Kier alpha value is -3.94. The van der Waals surface area contributed by atoms with Gasteiger partial charge in [-0.2, -0.15) is 5.10 Å². The molecule has 0 saturated heterocycles. The molecule has 0 bridgehead atoms. The summed E-state index contributed by atoms with van der Waals surface area (Å²) in [6.07, 6.45) is 1.71. The van der Waals surface area contributed by atoms with E-state index in [-0.39, 0.29) is 17.6 Å². The summed E-state index contributed by atoms with van der Waals surface area (Å²) in [5.74, 6) is -0.915. The highest BCUT2D eigenvalue weighted by Gasteiger charge is 2.39. The maximum absolute atomic E-state index is 13.3. The van der Waals surface area contributed by atoms with Crippen molar-refractivity contribution in [1.82, 2.24) is 20.6 Å². The summed E-state index contributed by atoms with van der Waals surface area (Å²) in [6, 6.07) is 13.2. The van der Waals surface area contributed by atoms with Crippen LogP contribution in [0.3, 0.4) is 0 Å². The van der Waals surface area contributed by atoms with Crippen LogP contribution in [0.25, 0.3) is 10.9 Å². The molecule has 0 saturated carbocycles. The molecule has 3 N–H and O–H groups in total. The van der Waals surface area contributed by atoms with E-state index in [0.717, 1.165) is 16.5 Å². The monoisotopic (exact) mass is 417 g/mol. The number of nitrogens with one attached hydrogen (secondary N) is 3. The highest BCUT2D eigenvalue weighted by Crippen LogP contribution is 2.31. The van der Waals surface area contributed by atoms with E-state index in [9.17, 15) is 14.4 Å². The molecule has 8 heteroatoms. The number of nitrogens with zero attached hydrogens (tertiary/aromatic N) is 2. The van der Waals surface area contributed by atoms with Crippen molar-refractivity contribution in [1.29, 1.82) is 0 Å². The van der Waals surface area contributed by atoms with Crippen molar-refractivity contribution < 1.29 is 14.4 Å². The van der Waals surface area contributed by atoms with Gasteiger partial charge in [-0.3, -0.25) is 14.4 Å². The minimum Gasteiger partial charge on any atom is -0.361 e. The Morgan fingerprint density at radius 3 is 2.55 bits per heavy atom. The average molecular weight is 417 g/mol. The molecule has 158 valence electrons. The second-order valence-electron chi connectivity index (χ2n) is 7.60. The predicted molar refractivity (Wildman–Crippen MR) is 117 cm³/mol. The Labute approximate surface area is 179 Å². The molecule has 31 heavy (non-hydrogen) atoms. The molecule has 0 fully saturated rings. The fourth-order valence-corrected chi connectivity index (χ4v) is 3.66. The number of aryl methyl sites for hydroxylation is 1. The number of hydrazone groups is 1. The van der Waals surface area contributed by atoms with Crippen LogP contribution in [-0.4, -0.2) is 39.6 Å². The summed E-state index contributed by atoms with van der Waals surface area (Å²) in [6.45, 7) is 4.87. The zero-order chi connectivity index (χ0) is 22.1. The zero-order valence-corrected chi connectivity index (χ0v) is 17.5. The van der Waals surface area contributed by atoms with E-state index in [0.29, 0.717) is 11.1 Å². The first kappa shape index (κ1) is 20.3. The normalized spacial score (nSPS) is 17.1. The van der Waals surface area contributed by atoms with Gasteiger partial charge in [-0.25, -0.2) is 5.01 Å². The van der Waals surface area contributed by atoms with E-state index in [1.165, 1.54) is 11.9 Å². The van der Waals surface area contributed by atoms with Crippen LogP contribution in [0.2, 0.25) is 0 Å². The summed E-state index contributed by atoms with van der Waals surface area (Å²) in [7, 11) is 0. The number of aromatic amines is 1. The van der Waals surface area contributed by atoms with Crippen LogP contribution in [0.15, 0.2) is 59.8 Å². The Kier molecular flexibility index (Phi) is 5.29. The van der Waals surface area contributed by atoms with Crippen LogP contribution >= 0.6 is 0 Å². The molecule has 1 aliphatic rings. The van der Waals surface area contributed by atoms with Gasteiger partial charge < -0.3 is 15.6 Å². The van der Waals surface area contributed by atoms with E-state index < -0.39 is 18.0 Å². The van der Waals surface area contributed by atoms with Crippen LogP contribution in [0, 0.1) is 6.92 Å². The minimum absolute atomic E-state index is 0.282. The first-order valence-corrected chi connectivity index (χ1v) is 9.98. The van der Waals surface area contributed by atoms with Crippen molar-refractivity contribution in [3.8, 4) is 0 Å². The summed E-state index contributed by atoms with van der Waals surface area (Å²) in [5, 5.41) is 11.9. The first-order valence-electron chi connectivity index (χ1n) is 9.98. The van der Waals surface area contributed by atoms with Crippen LogP contribution in [0.1, 0.15) is 36.6 Å². The van der Waals surface area contributed by atoms with Gasteiger partial charge in [-0.05, 0) is 19.9 Å². The van der Waals surface area contributed by atoms with E-state index >= 15 is 0 Å². The number of carbonyl (C=O) groups excluding carboxylic acids is 3. The zero-order valence-electron chi connectivity index (χ0n) is 17.5. The quantitative estimate of drug-likeness (QED) is 0.607. The van der Waals surface area contributed by atoms with Crippen molar-refractivity contribution in [3.05, 3.63) is 71.4 Å². The summed E-state index contributed by atoms with van der Waals surface area (Å²) in [5.41, 5.74) is 3.22. The van der Waals surface area contributed by atoms with Crippen LogP contribution in [0.5, 0.6) is 0 Å². The molecule has 1 aliphatic heterocycles. The van der Waals surface area contributed by atoms with Gasteiger partial charge in [0.05, 0.1) is 0 Å². The molecule has 8 nitrogen and oxygen atoms in total. The number of aromatic nitrogens is 1. The third-order valence-electron chi connectivity index (χ3n) is 5.20. The number of H-pyrrole nitrogens is 1. The number of fused-ring (bicyclic) bond motifs is 1. The number of benzene rings is 2. The van der Waals surface area contributed by atoms with Gasteiger partial charge in [0.15, 0.2) is 11.9 Å². The molecule has 0 aliphatic carbocycles. The fourth-order valence-electron chi connectivity index (χ4n) is 3.66. The number of hydrogen-bond donors (Lipinski definition) is 3. The number of hydrogen-bond acceptors (Lipinski definition) is 4. The predicted octanol–water partition coefficient (Wildman–Crippen LogP) is 2.36. The Bertz CT molecular complexity index is 1200. The van der Waals surface area contributed by atoms with Crippen LogP contribution in [0.4, 0.5) is 0 Å². The number of amidine groups is 1. The van der Waals surface area contributed by atoms with Crippen molar-refractivity contribution in [3.63, 3.8) is 0 Å². The second kappa shape index (κ2) is 8.06. The standard InChI is InChI=1S/C23H23N5O3/c1-13-8-10-16(11-9-13)21-26-22(30)20(18-12-24-19-7-5-4-6-17(18)19)28(27-21)23(31)14(2)25-15(3)29/h4-12,14,20,24H,1-3H3,(H,25,29)(H,26,27,30)/t14-,20-/m1/s1. The van der Waals surface area contributed by atoms with E-state index in [2.05, 4.69) is 20.7 Å². The molecule has 0 spiro atoms. The summed E-state index contributed by atoms with van der Waals surface area (Å²) < 4.78 is 0. The van der Waals surface area contributed by atoms with E-state index in [1.807, 2.05) is 55.5 Å². The molecule has 1 aromatic heterocycles. The lowest BCUT2D eigenvalue weighted by Crippen LogP contribution is -2.53. The summed E-state index contributed by atoms with van der Waals surface area (Å²) in [4.78, 5) is 41.2. The highest BCUT2D eigenvalue weighted by molar-refractivity contribution is 6.12. The molecule has 3 amide bonds. The second-order valence-corrected chi connectivity index (χ2v) is 7.60. The maximum atomic E-state index is 13.3. The van der Waals surface area contributed by atoms with Gasteiger partial charge in [0.25, 0.3) is 11.8 Å². The van der Waals surface area contributed by atoms with E-state index in [4.69, 9.17) is 0 Å². The third-order valence-corrected chi connectivity index (χ3v) is 5.20. The average Bonchev–Trinajstić information content (AvgIpc) is 3.16.